The highest BCUT2D eigenvalue weighted by atomic mass is 16.5. The van der Waals surface area contributed by atoms with Crippen molar-refractivity contribution in [2.45, 2.75) is 82.9 Å². The SMILES string of the molecule is COC(=O)CCCCCCC[C@@H]1CC[C@@H](O)[C@H](C)N1. The van der Waals surface area contributed by atoms with E-state index in [0.717, 1.165) is 25.7 Å². The molecule has 0 unspecified atom stereocenters. The fourth-order valence-electron chi connectivity index (χ4n) is 2.71. The standard InChI is InChI=1S/C15H29NO3/c1-12-14(17)11-10-13(16-12)8-6-4-3-5-7-9-15(18)19-2/h12-14,16-17H,3-11H2,1-2H3/t12-,13+,14+/m0/s1. The Balaban J connectivity index is 1.92. The Morgan fingerprint density at radius 1 is 1.21 bits per heavy atom. The predicted molar refractivity (Wildman–Crippen MR) is 76.0 cm³/mol. The number of aliphatic hydroxyl groups is 1. The average molecular weight is 271 g/mol. The normalized spacial score (nSPS) is 27.2. The van der Waals surface area contributed by atoms with Gasteiger partial charge in [0.1, 0.15) is 0 Å². The zero-order valence-electron chi connectivity index (χ0n) is 12.4. The third-order valence-corrected chi connectivity index (χ3v) is 4.05. The lowest BCUT2D eigenvalue weighted by atomic mass is 9.93. The summed E-state index contributed by atoms with van der Waals surface area (Å²) in [7, 11) is 1.44. The van der Waals surface area contributed by atoms with Gasteiger partial charge in [-0.25, -0.2) is 0 Å². The fourth-order valence-corrected chi connectivity index (χ4v) is 2.71. The Bertz CT molecular complexity index is 258. The van der Waals surface area contributed by atoms with E-state index in [2.05, 4.69) is 17.0 Å². The number of esters is 1. The molecule has 0 aliphatic carbocycles. The van der Waals surface area contributed by atoms with E-state index in [0.29, 0.717) is 12.5 Å². The van der Waals surface area contributed by atoms with Gasteiger partial charge in [0.25, 0.3) is 0 Å². The maximum absolute atomic E-state index is 10.9. The van der Waals surface area contributed by atoms with Gasteiger partial charge < -0.3 is 15.2 Å². The smallest absolute Gasteiger partial charge is 0.305 e. The van der Waals surface area contributed by atoms with Crippen LogP contribution in [0.15, 0.2) is 0 Å². The second kappa shape index (κ2) is 9.32. The number of rotatable bonds is 8. The summed E-state index contributed by atoms with van der Waals surface area (Å²) in [5, 5.41) is 13.1. The van der Waals surface area contributed by atoms with Gasteiger partial charge in [-0.3, -0.25) is 4.79 Å². The number of carbonyl (C=O) groups excluding carboxylic acids is 1. The van der Waals surface area contributed by atoms with Crippen molar-refractivity contribution in [2.75, 3.05) is 7.11 Å². The number of piperidine rings is 1. The minimum Gasteiger partial charge on any atom is -0.469 e. The molecule has 0 amide bonds. The number of carbonyl (C=O) groups is 1. The topological polar surface area (TPSA) is 58.6 Å². The highest BCUT2D eigenvalue weighted by Gasteiger charge is 2.24. The second-order valence-corrected chi connectivity index (χ2v) is 5.68. The van der Waals surface area contributed by atoms with Gasteiger partial charge in [0, 0.05) is 18.5 Å². The van der Waals surface area contributed by atoms with E-state index < -0.39 is 0 Å². The first-order chi connectivity index (χ1) is 9.13. The molecule has 4 heteroatoms. The molecule has 4 nitrogen and oxygen atoms in total. The Labute approximate surface area is 116 Å². The van der Waals surface area contributed by atoms with Gasteiger partial charge in [-0.15, -0.1) is 0 Å². The van der Waals surface area contributed by atoms with E-state index >= 15 is 0 Å². The van der Waals surface area contributed by atoms with Crippen molar-refractivity contribution in [3.05, 3.63) is 0 Å². The number of aliphatic hydroxyl groups excluding tert-OH is 1. The zero-order chi connectivity index (χ0) is 14.1. The van der Waals surface area contributed by atoms with Crippen LogP contribution in [-0.2, 0) is 9.53 Å². The Hall–Kier alpha value is -0.610. The van der Waals surface area contributed by atoms with Crippen LogP contribution in [0.2, 0.25) is 0 Å². The summed E-state index contributed by atoms with van der Waals surface area (Å²) in [4.78, 5) is 10.9. The molecule has 0 bridgehead atoms. The van der Waals surface area contributed by atoms with Crippen LogP contribution in [0, 0.1) is 0 Å². The van der Waals surface area contributed by atoms with Crippen LogP contribution in [0.5, 0.6) is 0 Å². The van der Waals surface area contributed by atoms with Crippen LogP contribution >= 0.6 is 0 Å². The molecule has 1 heterocycles. The van der Waals surface area contributed by atoms with E-state index in [1.807, 2.05) is 0 Å². The molecule has 112 valence electrons. The first kappa shape index (κ1) is 16.4. The molecule has 1 fully saturated rings. The van der Waals surface area contributed by atoms with Crippen LogP contribution < -0.4 is 5.32 Å². The lowest BCUT2D eigenvalue weighted by Gasteiger charge is -2.32. The number of hydrogen-bond donors (Lipinski definition) is 2. The molecule has 19 heavy (non-hydrogen) atoms. The number of hydrogen-bond acceptors (Lipinski definition) is 4. The van der Waals surface area contributed by atoms with E-state index in [1.165, 1.54) is 32.8 Å². The highest BCUT2D eigenvalue weighted by Crippen LogP contribution is 2.18. The maximum atomic E-state index is 10.9. The number of nitrogens with one attached hydrogen (secondary N) is 1. The molecule has 0 aromatic rings. The Morgan fingerprint density at radius 3 is 2.58 bits per heavy atom. The number of ether oxygens (including phenoxy) is 1. The van der Waals surface area contributed by atoms with E-state index in [9.17, 15) is 9.90 Å². The summed E-state index contributed by atoms with van der Waals surface area (Å²) >= 11 is 0. The van der Waals surface area contributed by atoms with Crippen LogP contribution in [0.4, 0.5) is 0 Å². The van der Waals surface area contributed by atoms with Crippen molar-refractivity contribution in [1.82, 2.24) is 5.32 Å². The molecule has 0 aromatic heterocycles. The van der Waals surface area contributed by atoms with Gasteiger partial charge in [0.15, 0.2) is 0 Å². The minimum atomic E-state index is -0.172. The molecule has 1 aliphatic rings. The summed E-state index contributed by atoms with van der Waals surface area (Å²) in [5.74, 6) is -0.0982. The highest BCUT2D eigenvalue weighted by molar-refractivity contribution is 5.68. The van der Waals surface area contributed by atoms with Crippen LogP contribution in [0.25, 0.3) is 0 Å². The molecule has 1 aliphatic heterocycles. The van der Waals surface area contributed by atoms with E-state index in [1.54, 1.807) is 0 Å². The Morgan fingerprint density at radius 2 is 1.89 bits per heavy atom. The number of methoxy groups -OCH3 is 1. The third-order valence-electron chi connectivity index (χ3n) is 4.05. The molecule has 2 N–H and O–H groups in total. The molecule has 1 rings (SSSR count). The monoisotopic (exact) mass is 271 g/mol. The first-order valence-electron chi connectivity index (χ1n) is 7.64. The molecule has 0 aromatic carbocycles. The quantitative estimate of drug-likeness (QED) is 0.526. The van der Waals surface area contributed by atoms with Gasteiger partial charge >= 0.3 is 5.97 Å². The molecule has 0 radical (unpaired) electrons. The van der Waals surface area contributed by atoms with Crippen molar-refractivity contribution < 1.29 is 14.6 Å². The summed E-state index contributed by atoms with van der Waals surface area (Å²) < 4.78 is 4.61. The van der Waals surface area contributed by atoms with Crippen LogP contribution in [-0.4, -0.2) is 36.4 Å². The fraction of sp³-hybridized carbons (Fsp3) is 0.933. The number of unbranched alkanes of at least 4 members (excludes halogenated alkanes) is 4. The predicted octanol–water partition coefficient (Wildman–Crippen LogP) is 2.39. The third kappa shape index (κ3) is 6.92. The Kier molecular flexibility index (Phi) is 8.07. The van der Waals surface area contributed by atoms with Crippen molar-refractivity contribution in [1.29, 1.82) is 0 Å². The minimum absolute atomic E-state index is 0.0982. The van der Waals surface area contributed by atoms with Gasteiger partial charge in [-0.2, -0.15) is 0 Å². The van der Waals surface area contributed by atoms with Crippen LogP contribution in [0.1, 0.15) is 64.7 Å². The summed E-state index contributed by atoms with van der Waals surface area (Å²) in [6, 6.07) is 0.812. The largest absolute Gasteiger partial charge is 0.469 e. The summed E-state index contributed by atoms with van der Waals surface area (Å²) in [5.41, 5.74) is 0. The van der Waals surface area contributed by atoms with Crippen molar-refractivity contribution in [2.24, 2.45) is 0 Å². The first-order valence-corrected chi connectivity index (χ1v) is 7.64. The molecule has 0 spiro atoms. The van der Waals surface area contributed by atoms with Crippen molar-refractivity contribution in [3.63, 3.8) is 0 Å². The van der Waals surface area contributed by atoms with Crippen molar-refractivity contribution >= 4 is 5.97 Å². The molecule has 1 saturated heterocycles. The van der Waals surface area contributed by atoms with Crippen LogP contribution in [0.3, 0.4) is 0 Å². The van der Waals surface area contributed by atoms with Gasteiger partial charge in [0.05, 0.1) is 13.2 Å². The summed E-state index contributed by atoms with van der Waals surface area (Å²) in [6.45, 7) is 2.06. The zero-order valence-corrected chi connectivity index (χ0v) is 12.4. The summed E-state index contributed by atoms with van der Waals surface area (Å²) in [6.07, 6.45) is 9.32. The lowest BCUT2D eigenvalue weighted by Crippen LogP contribution is -2.48. The second-order valence-electron chi connectivity index (χ2n) is 5.68. The molecular formula is C15H29NO3. The van der Waals surface area contributed by atoms with Crippen molar-refractivity contribution in [3.8, 4) is 0 Å². The van der Waals surface area contributed by atoms with Gasteiger partial charge in [-0.1, -0.05) is 25.7 Å². The molecule has 0 saturated carbocycles. The van der Waals surface area contributed by atoms with E-state index in [4.69, 9.17) is 0 Å². The van der Waals surface area contributed by atoms with E-state index in [-0.39, 0.29) is 18.1 Å². The maximum Gasteiger partial charge on any atom is 0.305 e. The molecular weight excluding hydrogens is 242 g/mol. The average Bonchev–Trinajstić information content (AvgIpc) is 2.41. The van der Waals surface area contributed by atoms with Gasteiger partial charge in [-0.05, 0) is 32.6 Å². The van der Waals surface area contributed by atoms with Gasteiger partial charge in [0.2, 0.25) is 0 Å². The lowest BCUT2D eigenvalue weighted by molar-refractivity contribution is -0.140. The molecule has 3 atom stereocenters.